The van der Waals surface area contributed by atoms with Gasteiger partial charge in [-0.05, 0) is 12.5 Å². The average molecular weight is 357 g/mol. The highest BCUT2D eigenvalue weighted by Crippen LogP contribution is 2.30. The van der Waals surface area contributed by atoms with Gasteiger partial charge >= 0.3 is 0 Å². The van der Waals surface area contributed by atoms with Crippen LogP contribution in [0.15, 0.2) is 23.5 Å². The summed E-state index contributed by atoms with van der Waals surface area (Å²) in [6.45, 7) is 6.62. The van der Waals surface area contributed by atoms with E-state index in [0.29, 0.717) is 38.5 Å². The molecular formula is C19H24N4O3. The highest BCUT2D eigenvalue weighted by Gasteiger charge is 2.36. The van der Waals surface area contributed by atoms with Gasteiger partial charge in [0.05, 0.1) is 30.5 Å². The smallest absolute Gasteiger partial charge is 0.228 e. The molecule has 0 radical (unpaired) electrons. The molecule has 3 aliphatic heterocycles. The summed E-state index contributed by atoms with van der Waals surface area (Å²) in [7, 11) is 0. The van der Waals surface area contributed by atoms with Crippen molar-refractivity contribution >= 4 is 11.6 Å². The van der Waals surface area contributed by atoms with Crippen molar-refractivity contribution in [3.8, 4) is 5.75 Å². The fourth-order valence-electron chi connectivity index (χ4n) is 3.74. The summed E-state index contributed by atoms with van der Waals surface area (Å²) in [4.78, 5) is 25.3. The number of aryl methyl sites for hydroxylation is 1. The Morgan fingerprint density at radius 1 is 1.35 bits per heavy atom. The number of aromatic nitrogens is 1. The second-order valence-electron chi connectivity index (χ2n) is 7.09. The quantitative estimate of drug-likeness (QED) is 0.817. The zero-order chi connectivity index (χ0) is 18.1. The zero-order valence-electron chi connectivity index (χ0n) is 15.0. The number of likely N-dealkylation sites (tertiary alicyclic amines) is 1. The summed E-state index contributed by atoms with van der Waals surface area (Å²) in [6.07, 6.45) is 6.30. The van der Waals surface area contributed by atoms with E-state index in [1.165, 1.54) is 0 Å². The van der Waals surface area contributed by atoms with Crippen LogP contribution in [0.4, 0.5) is 0 Å². The lowest BCUT2D eigenvalue weighted by molar-refractivity contribution is -0.145. The Kier molecular flexibility index (Phi) is 4.74. The molecule has 1 N–H and O–H groups in total. The molecule has 0 saturated carbocycles. The molecule has 26 heavy (non-hydrogen) atoms. The van der Waals surface area contributed by atoms with E-state index in [2.05, 4.69) is 14.9 Å². The fourth-order valence-corrected chi connectivity index (χ4v) is 3.74. The third-order valence-corrected chi connectivity index (χ3v) is 5.27. The minimum Gasteiger partial charge on any atom is -0.505 e. The van der Waals surface area contributed by atoms with Gasteiger partial charge in [-0.3, -0.25) is 19.7 Å². The molecule has 1 amide bonds. The van der Waals surface area contributed by atoms with Gasteiger partial charge in [-0.25, -0.2) is 0 Å². The van der Waals surface area contributed by atoms with Crippen molar-refractivity contribution in [1.29, 1.82) is 0 Å². The number of hydrogen-bond acceptors (Lipinski definition) is 6. The van der Waals surface area contributed by atoms with Crippen molar-refractivity contribution in [3.63, 3.8) is 0 Å². The summed E-state index contributed by atoms with van der Waals surface area (Å²) >= 11 is 0. The Hall–Kier alpha value is -2.25. The molecule has 0 spiro atoms. The van der Waals surface area contributed by atoms with Gasteiger partial charge in [-0.2, -0.15) is 0 Å². The van der Waals surface area contributed by atoms with Crippen LogP contribution in [0.25, 0.3) is 0 Å². The number of hydrogen-bond donors (Lipinski definition) is 1. The third-order valence-electron chi connectivity index (χ3n) is 5.27. The number of carbonyl (C=O) groups excluding carboxylic acids is 1. The highest BCUT2D eigenvalue weighted by atomic mass is 16.5. The summed E-state index contributed by atoms with van der Waals surface area (Å²) in [5.74, 6) is 0.513. The Morgan fingerprint density at radius 3 is 2.81 bits per heavy atom. The molecule has 138 valence electrons. The van der Waals surface area contributed by atoms with Crippen LogP contribution in [-0.2, 0) is 16.1 Å². The van der Waals surface area contributed by atoms with Crippen LogP contribution < -0.4 is 0 Å². The Morgan fingerprint density at radius 2 is 2.12 bits per heavy atom. The second-order valence-corrected chi connectivity index (χ2v) is 7.09. The fraction of sp³-hybridized carbons (Fsp3) is 0.526. The first-order valence-electron chi connectivity index (χ1n) is 9.12. The molecule has 0 bridgehead atoms. The average Bonchev–Trinajstić information content (AvgIpc) is 3.15. The van der Waals surface area contributed by atoms with Gasteiger partial charge in [0.1, 0.15) is 5.75 Å². The van der Waals surface area contributed by atoms with Crippen molar-refractivity contribution < 1.29 is 14.6 Å². The molecule has 3 aliphatic rings. The highest BCUT2D eigenvalue weighted by molar-refractivity contribution is 6.06. The Bertz CT molecular complexity index is 762. The van der Waals surface area contributed by atoms with E-state index in [4.69, 9.17) is 4.74 Å². The first-order valence-corrected chi connectivity index (χ1v) is 9.12. The first kappa shape index (κ1) is 17.2. The van der Waals surface area contributed by atoms with E-state index in [1.54, 1.807) is 13.1 Å². The lowest BCUT2D eigenvalue weighted by atomic mass is 9.95. The Labute approximate surface area is 153 Å². The molecule has 4 rings (SSSR count). The van der Waals surface area contributed by atoms with Crippen LogP contribution in [0, 0.1) is 12.8 Å². The maximum Gasteiger partial charge on any atom is 0.228 e. The topological polar surface area (TPSA) is 78.3 Å². The SMILES string of the molecule is Cc1ncc(CN2CC(C(=O)N3CCOCC3)C2)c(C2=[15N]C=CC2)c1O. The normalized spacial score (nSPS) is 21.0. The van der Waals surface area contributed by atoms with Crippen molar-refractivity contribution in [2.45, 2.75) is 19.9 Å². The number of rotatable bonds is 4. The molecule has 7 heteroatoms. The predicted molar refractivity (Wildman–Crippen MR) is 97.1 cm³/mol. The summed E-state index contributed by atoms with van der Waals surface area (Å²) in [5, 5.41) is 10.5. The van der Waals surface area contributed by atoms with E-state index in [0.717, 1.165) is 36.3 Å². The maximum atomic E-state index is 12.5. The zero-order valence-corrected chi connectivity index (χ0v) is 15.0. The number of nitrogens with zero attached hydrogens (tertiary/aromatic N) is 4. The van der Waals surface area contributed by atoms with Crippen molar-refractivity contribution in [2.75, 3.05) is 39.4 Å². The molecule has 0 aliphatic carbocycles. The number of aliphatic imine (C=N–C) groups is 1. The van der Waals surface area contributed by atoms with E-state index < -0.39 is 0 Å². The molecule has 7 nitrogen and oxygen atoms in total. The molecule has 4 heterocycles. The van der Waals surface area contributed by atoms with Crippen molar-refractivity contribution in [1.82, 2.24) is 14.8 Å². The van der Waals surface area contributed by atoms with E-state index in [1.807, 2.05) is 17.2 Å². The van der Waals surface area contributed by atoms with Crippen LogP contribution in [0.1, 0.15) is 23.2 Å². The lowest BCUT2D eigenvalue weighted by Gasteiger charge is -2.41. The minimum absolute atomic E-state index is 0.0639. The third kappa shape index (κ3) is 3.24. The van der Waals surface area contributed by atoms with Crippen LogP contribution in [0.2, 0.25) is 0 Å². The van der Waals surface area contributed by atoms with Crippen LogP contribution in [0.5, 0.6) is 5.75 Å². The van der Waals surface area contributed by atoms with E-state index >= 15 is 0 Å². The minimum atomic E-state index is 0.0639. The number of allylic oxidation sites excluding steroid dienone is 1. The largest absolute Gasteiger partial charge is 0.505 e. The number of amides is 1. The summed E-state index contributed by atoms with van der Waals surface area (Å²) in [6, 6.07) is 0. The molecular weight excluding hydrogens is 333 g/mol. The van der Waals surface area contributed by atoms with Crippen LogP contribution in [-0.4, -0.2) is 70.9 Å². The van der Waals surface area contributed by atoms with Gasteiger partial charge in [-0.1, -0.05) is 6.08 Å². The summed E-state index contributed by atoms with van der Waals surface area (Å²) in [5.41, 5.74) is 3.25. The van der Waals surface area contributed by atoms with Crippen LogP contribution >= 0.6 is 0 Å². The number of aromatic hydroxyl groups is 1. The van der Waals surface area contributed by atoms with Gasteiger partial charge in [-0.15, -0.1) is 0 Å². The number of ether oxygens (including phenoxy) is 1. The standard InChI is InChI=1S/C19H24N4O3/c1-13-18(24)17(16-3-2-4-20-16)14(9-21-13)10-22-11-15(12-22)19(25)23-5-7-26-8-6-23/h2,4,9,15,24H,3,5-8,10-12H2,1H3/i20+1. The van der Waals surface area contributed by atoms with Gasteiger partial charge in [0.15, 0.2) is 0 Å². The molecule has 2 fully saturated rings. The summed E-state index contributed by atoms with van der Waals surface area (Å²) < 4.78 is 5.31. The molecule has 0 unspecified atom stereocenters. The van der Waals surface area contributed by atoms with Crippen molar-refractivity contribution in [3.05, 3.63) is 35.3 Å². The van der Waals surface area contributed by atoms with E-state index in [-0.39, 0.29) is 17.6 Å². The number of morpholine rings is 1. The Balaban J connectivity index is 1.41. The molecule has 0 atom stereocenters. The lowest BCUT2D eigenvalue weighted by Crippen LogP contribution is -2.55. The molecule has 1 aromatic heterocycles. The van der Waals surface area contributed by atoms with Gasteiger partial charge in [0.2, 0.25) is 5.91 Å². The van der Waals surface area contributed by atoms with Gasteiger partial charge < -0.3 is 14.7 Å². The maximum absolute atomic E-state index is 12.5. The second kappa shape index (κ2) is 7.17. The number of carbonyl (C=O) groups is 1. The first-order chi connectivity index (χ1) is 12.6. The van der Waals surface area contributed by atoms with Crippen molar-refractivity contribution in [2.24, 2.45) is 10.9 Å². The van der Waals surface area contributed by atoms with Crippen LogP contribution in [0.3, 0.4) is 0 Å². The monoisotopic (exact) mass is 357 g/mol. The number of pyridine rings is 1. The van der Waals surface area contributed by atoms with E-state index in [9.17, 15) is 9.90 Å². The molecule has 2 saturated heterocycles. The van der Waals surface area contributed by atoms with Gasteiger partial charge in [0.25, 0.3) is 0 Å². The van der Waals surface area contributed by atoms with Gasteiger partial charge in [0, 0.05) is 57.1 Å². The predicted octanol–water partition coefficient (Wildman–Crippen LogP) is 1.09. The molecule has 1 aromatic rings. The molecule has 0 aromatic carbocycles.